The monoisotopic (exact) mass is 262 g/mol. The van der Waals surface area contributed by atoms with Crippen molar-refractivity contribution in [3.63, 3.8) is 0 Å². The first-order chi connectivity index (χ1) is 9.14. The summed E-state index contributed by atoms with van der Waals surface area (Å²) in [6.07, 6.45) is 13.6. The van der Waals surface area contributed by atoms with E-state index >= 15 is 0 Å². The summed E-state index contributed by atoms with van der Waals surface area (Å²) in [7, 11) is 0. The third-order valence-corrected chi connectivity index (χ3v) is 3.40. The number of ether oxygens (including phenoxy) is 1. The molecule has 0 aromatic rings. The van der Waals surface area contributed by atoms with Gasteiger partial charge in [-0.3, -0.25) is 0 Å². The number of hydrogen-bond donors (Lipinski definition) is 0. The average Bonchev–Trinajstić information content (AvgIpc) is 2.40. The van der Waals surface area contributed by atoms with Crippen molar-refractivity contribution in [3.8, 4) is 12.3 Å². The van der Waals surface area contributed by atoms with Crippen molar-refractivity contribution in [3.05, 3.63) is 23.0 Å². The van der Waals surface area contributed by atoms with Crippen LogP contribution in [0.2, 0.25) is 0 Å². The van der Waals surface area contributed by atoms with Gasteiger partial charge in [0.25, 0.3) is 0 Å². The van der Waals surface area contributed by atoms with Gasteiger partial charge in [-0.1, -0.05) is 39.5 Å². The molecule has 0 radical (unpaired) electrons. The highest BCUT2D eigenvalue weighted by Crippen LogP contribution is 2.25. The van der Waals surface area contributed by atoms with E-state index < -0.39 is 0 Å². The zero-order chi connectivity index (χ0) is 14.7. The second kappa shape index (κ2) is 10.7. The molecule has 0 fully saturated rings. The molecule has 0 unspecified atom stereocenters. The summed E-state index contributed by atoms with van der Waals surface area (Å²) >= 11 is 0. The lowest BCUT2D eigenvalue weighted by molar-refractivity contribution is 0.228. The first-order valence-electron chi connectivity index (χ1n) is 7.65. The zero-order valence-electron chi connectivity index (χ0n) is 13.4. The predicted molar refractivity (Wildman–Crippen MR) is 84.8 cm³/mol. The maximum Gasteiger partial charge on any atom is 0.0960 e. The molecule has 0 rings (SSSR count). The van der Waals surface area contributed by atoms with Crippen molar-refractivity contribution in [1.29, 1.82) is 0 Å². The lowest BCUT2D eigenvalue weighted by Crippen LogP contribution is -2.04. The third kappa shape index (κ3) is 6.53. The Kier molecular flexibility index (Phi) is 10.1. The molecule has 0 N–H and O–H groups in total. The highest BCUT2D eigenvalue weighted by atomic mass is 16.5. The van der Waals surface area contributed by atoms with E-state index in [1.165, 1.54) is 31.3 Å². The van der Waals surface area contributed by atoms with Crippen molar-refractivity contribution < 1.29 is 4.74 Å². The van der Waals surface area contributed by atoms with Crippen molar-refractivity contribution in [2.45, 2.75) is 66.7 Å². The molecular weight excluding hydrogens is 232 g/mol. The van der Waals surface area contributed by atoms with E-state index in [1.807, 2.05) is 13.8 Å². The molecule has 0 aromatic carbocycles. The molecule has 1 nitrogen and oxygen atoms in total. The summed E-state index contributed by atoms with van der Waals surface area (Å²) < 4.78 is 5.61. The largest absolute Gasteiger partial charge is 0.498 e. The van der Waals surface area contributed by atoms with Gasteiger partial charge in [-0.15, -0.1) is 6.42 Å². The van der Waals surface area contributed by atoms with E-state index in [9.17, 15) is 0 Å². The van der Waals surface area contributed by atoms with Crippen LogP contribution in [-0.4, -0.2) is 6.61 Å². The van der Waals surface area contributed by atoms with Gasteiger partial charge < -0.3 is 4.74 Å². The Labute approximate surface area is 120 Å². The first kappa shape index (κ1) is 17.8. The third-order valence-electron chi connectivity index (χ3n) is 3.40. The van der Waals surface area contributed by atoms with Crippen LogP contribution in [-0.2, 0) is 4.74 Å². The van der Waals surface area contributed by atoms with E-state index in [4.69, 9.17) is 11.2 Å². The Morgan fingerprint density at radius 1 is 1.16 bits per heavy atom. The summed E-state index contributed by atoms with van der Waals surface area (Å²) in [6.45, 7) is 11.3. The Bertz CT molecular complexity index is 335. The van der Waals surface area contributed by atoms with Crippen molar-refractivity contribution in [2.75, 3.05) is 6.61 Å². The summed E-state index contributed by atoms with van der Waals surface area (Å²) in [4.78, 5) is 0. The maximum absolute atomic E-state index is 5.73. The number of hydrogen-bond acceptors (Lipinski definition) is 1. The highest BCUT2D eigenvalue weighted by molar-refractivity contribution is 5.36. The average molecular weight is 262 g/mol. The van der Waals surface area contributed by atoms with Crippen LogP contribution in [0.5, 0.6) is 0 Å². The van der Waals surface area contributed by atoms with Gasteiger partial charge in [0.2, 0.25) is 0 Å². The topological polar surface area (TPSA) is 9.23 Å². The van der Waals surface area contributed by atoms with Crippen molar-refractivity contribution >= 4 is 0 Å². The molecule has 0 atom stereocenters. The Hall–Kier alpha value is -1.16. The van der Waals surface area contributed by atoms with Gasteiger partial charge in [0.1, 0.15) is 0 Å². The van der Waals surface area contributed by atoms with Crippen LogP contribution in [0.15, 0.2) is 23.0 Å². The van der Waals surface area contributed by atoms with Gasteiger partial charge in [-0.05, 0) is 50.7 Å². The van der Waals surface area contributed by atoms with Gasteiger partial charge in [-0.25, -0.2) is 0 Å². The summed E-state index contributed by atoms with van der Waals surface area (Å²) in [5, 5.41) is 0. The quantitative estimate of drug-likeness (QED) is 0.303. The van der Waals surface area contributed by atoms with Gasteiger partial charge >= 0.3 is 0 Å². The van der Waals surface area contributed by atoms with E-state index in [-0.39, 0.29) is 0 Å². The van der Waals surface area contributed by atoms with Crippen molar-refractivity contribution in [1.82, 2.24) is 0 Å². The first-order valence-corrected chi connectivity index (χ1v) is 7.65. The fourth-order valence-corrected chi connectivity index (χ4v) is 2.38. The molecule has 0 saturated carbocycles. The predicted octanol–water partition coefficient (Wildman–Crippen LogP) is 5.48. The van der Waals surface area contributed by atoms with Crippen LogP contribution >= 0.6 is 0 Å². The number of allylic oxidation sites excluding steroid dienone is 4. The van der Waals surface area contributed by atoms with Crippen LogP contribution in [0, 0.1) is 18.3 Å². The number of rotatable bonds is 9. The standard InChI is InChI=1S/C18H30O/c1-7-12-18(13-8-2)17(10-4)14-16(9-3)15(6)19-11-5/h4,14,18H,7-9,11-13H2,1-3,5-6H3/b16-15+,17-14+. The second-order valence-electron chi connectivity index (χ2n) is 4.89. The van der Waals surface area contributed by atoms with E-state index in [0.29, 0.717) is 12.5 Å². The zero-order valence-corrected chi connectivity index (χ0v) is 13.4. The second-order valence-corrected chi connectivity index (χ2v) is 4.89. The van der Waals surface area contributed by atoms with Gasteiger partial charge in [0.15, 0.2) is 0 Å². The lowest BCUT2D eigenvalue weighted by Gasteiger charge is -2.16. The summed E-state index contributed by atoms with van der Waals surface area (Å²) in [6, 6.07) is 0. The molecule has 0 bridgehead atoms. The molecule has 0 aliphatic carbocycles. The fourth-order valence-electron chi connectivity index (χ4n) is 2.38. The summed E-state index contributed by atoms with van der Waals surface area (Å²) in [5.74, 6) is 4.43. The van der Waals surface area contributed by atoms with Crippen LogP contribution in [0.3, 0.4) is 0 Å². The Morgan fingerprint density at radius 3 is 2.11 bits per heavy atom. The molecular formula is C18H30O. The van der Waals surface area contributed by atoms with Gasteiger partial charge in [-0.2, -0.15) is 0 Å². The molecule has 0 spiro atoms. The molecule has 0 heterocycles. The molecule has 1 heteroatoms. The molecule has 19 heavy (non-hydrogen) atoms. The van der Waals surface area contributed by atoms with E-state index in [2.05, 4.69) is 32.8 Å². The van der Waals surface area contributed by atoms with Crippen LogP contribution in [0.25, 0.3) is 0 Å². The molecule has 0 aromatic heterocycles. The Morgan fingerprint density at radius 2 is 1.74 bits per heavy atom. The smallest absolute Gasteiger partial charge is 0.0960 e. The molecule has 0 aliphatic rings. The van der Waals surface area contributed by atoms with Crippen LogP contribution < -0.4 is 0 Å². The SMILES string of the molecule is C#C/C(=C\C(CC)=C(/C)OCC)C(CCC)CCC. The Balaban J connectivity index is 5.23. The van der Waals surface area contributed by atoms with E-state index in [1.54, 1.807) is 0 Å². The molecule has 108 valence electrons. The lowest BCUT2D eigenvalue weighted by atomic mass is 9.89. The molecule has 0 aliphatic heterocycles. The van der Waals surface area contributed by atoms with E-state index in [0.717, 1.165) is 17.8 Å². The highest BCUT2D eigenvalue weighted by Gasteiger charge is 2.12. The van der Waals surface area contributed by atoms with Crippen LogP contribution in [0.1, 0.15) is 66.7 Å². The summed E-state index contributed by atoms with van der Waals surface area (Å²) in [5.41, 5.74) is 2.37. The normalized spacial score (nSPS) is 13.2. The van der Waals surface area contributed by atoms with Gasteiger partial charge in [0, 0.05) is 5.57 Å². The molecule has 0 saturated heterocycles. The van der Waals surface area contributed by atoms with Crippen LogP contribution in [0.4, 0.5) is 0 Å². The maximum atomic E-state index is 5.73. The van der Waals surface area contributed by atoms with Gasteiger partial charge in [0.05, 0.1) is 12.4 Å². The minimum absolute atomic E-state index is 0.524. The minimum Gasteiger partial charge on any atom is -0.498 e. The number of terminal acetylenes is 1. The van der Waals surface area contributed by atoms with Crippen molar-refractivity contribution in [2.24, 2.45) is 5.92 Å². The molecule has 0 amide bonds. The minimum atomic E-state index is 0.524. The fraction of sp³-hybridized carbons (Fsp3) is 0.667.